The summed E-state index contributed by atoms with van der Waals surface area (Å²) >= 11 is 0. The second kappa shape index (κ2) is 13.5. The van der Waals surface area contributed by atoms with Crippen molar-refractivity contribution in [1.82, 2.24) is 4.98 Å². The molecule has 0 spiro atoms. The SMILES string of the molecule is Cl.Cl.N=C(N)c1ccc(-c2[nH]c3cc(C(=N)N)ccc3c2CC(=O)OCCOCc2ccccc2)cc1. The fourth-order valence-corrected chi connectivity index (χ4v) is 3.84. The van der Waals surface area contributed by atoms with Crippen LogP contribution in [0.25, 0.3) is 22.2 Å². The van der Waals surface area contributed by atoms with Gasteiger partial charge < -0.3 is 25.9 Å². The van der Waals surface area contributed by atoms with Gasteiger partial charge in [0.25, 0.3) is 0 Å². The van der Waals surface area contributed by atoms with Gasteiger partial charge >= 0.3 is 5.97 Å². The van der Waals surface area contributed by atoms with E-state index in [1.54, 1.807) is 24.3 Å². The highest BCUT2D eigenvalue weighted by molar-refractivity contribution is 6.01. The van der Waals surface area contributed by atoms with Gasteiger partial charge in [-0.2, -0.15) is 0 Å². The molecule has 0 amide bonds. The van der Waals surface area contributed by atoms with Gasteiger partial charge in [0.2, 0.25) is 0 Å². The lowest BCUT2D eigenvalue weighted by molar-refractivity contribution is -0.144. The second-order valence-electron chi connectivity index (χ2n) is 8.08. The number of nitrogen functional groups attached to an aromatic ring is 2. The predicted octanol–water partition coefficient (Wildman–Crippen LogP) is 4.55. The molecule has 3 aromatic carbocycles. The Morgan fingerprint density at radius 3 is 2.14 bits per heavy atom. The van der Waals surface area contributed by atoms with Crippen molar-refractivity contribution >= 4 is 53.4 Å². The summed E-state index contributed by atoms with van der Waals surface area (Å²) in [4.78, 5) is 16.1. The van der Waals surface area contributed by atoms with E-state index in [9.17, 15) is 4.79 Å². The van der Waals surface area contributed by atoms with E-state index in [1.165, 1.54) is 0 Å². The molecule has 194 valence electrons. The molecule has 0 saturated carbocycles. The van der Waals surface area contributed by atoms with Gasteiger partial charge in [-0.1, -0.05) is 66.7 Å². The Balaban J connectivity index is 0.00000241. The van der Waals surface area contributed by atoms with Gasteiger partial charge in [-0.3, -0.25) is 15.6 Å². The van der Waals surface area contributed by atoms with Gasteiger partial charge in [0.05, 0.1) is 25.3 Å². The smallest absolute Gasteiger partial charge is 0.310 e. The molecule has 0 aliphatic rings. The molecule has 4 aromatic rings. The van der Waals surface area contributed by atoms with Crippen molar-refractivity contribution in [2.24, 2.45) is 11.5 Å². The van der Waals surface area contributed by atoms with Crippen molar-refractivity contribution < 1.29 is 14.3 Å². The summed E-state index contributed by atoms with van der Waals surface area (Å²) in [6, 6.07) is 22.4. The number of hydrogen-bond donors (Lipinski definition) is 5. The van der Waals surface area contributed by atoms with Crippen LogP contribution in [0.15, 0.2) is 72.8 Å². The molecule has 0 aliphatic carbocycles. The van der Waals surface area contributed by atoms with Gasteiger partial charge in [-0.05, 0) is 22.8 Å². The lowest BCUT2D eigenvalue weighted by atomic mass is 10.0. The fraction of sp³-hybridized carbons (Fsp3) is 0.148. The summed E-state index contributed by atoms with van der Waals surface area (Å²) in [5.41, 5.74) is 16.6. The van der Waals surface area contributed by atoms with Crippen LogP contribution in [0.3, 0.4) is 0 Å². The van der Waals surface area contributed by atoms with Gasteiger partial charge in [0.15, 0.2) is 0 Å². The number of esters is 1. The highest BCUT2D eigenvalue weighted by atomic mass is 35.5. The standard InChI is InChI=1S/C27H27N5O3.2ClH/c28-26(29)19-8-6-18(7-9-19)25-22(21-11-10-20(27(30)31)14-23(21)32-25)15-24(33)35-13-12-34-16-17-4-2-1-3-5-17;;/h1-11,14,32H,12-13,15-16H2,(H3,28,29)(H3,30,31);2*1H. The molecular weight excluding hydrogens is 513 g/mol. The number of nitrogens with one attached hydrogen (secondary N) is 3. The van der Waals surface area contributed by atoms with Crippen LogP contribution in [0.2, 0.25) is 0 Å². The van der Waals surface area contributed by atoms with Crippen molar-refractivity contribution in [3.63, 3.8) is 0 Å². The van der Waals surface area contributed by atoms with Crippen LogP contribution >= 0.6 is 24.8 Å². The summed E-state index contributed by atoms with van der Waals surface area (Å²) in [5, 5.41) is 16.2. The van der Waals surface area contributed by atoms with Crippen LogP contribution < -0.4 is 11.5 Å². The quantitative estimate of drug-likeness (QED) is 0.0862. The minimum atomic E-state index is -0.369. The zero-order valence-electron chi connectivity index (χ0n) is 20.0. The molecule has 0 saturated heterocycles. The number of H-pyrrole nitrogens is 1. The molecule has 1 heterocycles. The molecule has 0 radical (unpaired) electrons. The fourth-order valence-electron chi connectivity index (χ4n) is 3.84. The first-order chi connectivity index (χ1) is 16.9. The molecular formula is C27H29Cl2N5O3. The van der Waals surface area contributed by atoms with E-state index in [0.29, 0.717) is 24.3 Å². The summed E-state index contributed by atoms with van der Waals surface area (Å²) in [6.45, 7) is 0.917. The number of fused-ring (bicyclic) bond motifs is 1. The number of carbonyl (C=O) groups is 1. The van der Waals surface area contributed by atoms with Crippen molar-refractivity contribution in [1.29, 1.82) is 10.8 Å². The van der Waals surface area contributed by atoms with Crippen molar-refractivity contribution in [2.45, 2.75) is 13.0 Å². The maximum atomic E-state index is 12.7. The maximum absolute atomic E-state index is 12.7. The zero-order valence-corrected chi connectivity index (χ0v) is 21.6. The number of aromatic amines is 1. The van der Waals surface area contributed by atoms with E-state index in [4.69, 9.17) is 31.8 Å². The largest absolute Gasteiger partial charge is 0.463 e. The summed E-state index contributed by atoms with van der Waals surface area (Å²) in [7, 11) is 0. The van der Waals surface area contributed by atoms with Gasteiger partial charge in [0.1, 0.15) is 18.3 Å². The highest BCUT2D eigenvalue weighted by Gasteiger charge is 2.18. The number of ether oxygens (including phenoxy) is 2. The molecule has 1 aromatic heterocycles. The first kappa shape index (κ1) is 29.4. The minimum Gasteiger partial charge on any atom is -0.463 e. The number of carbonyl (C=O) groups excluding carboxylic acids is 1. The Labute approximate surface area is 227 Å². The molecule has 4 rings (SSSR count). The Bertz CT molecular complexity index is 1370. The normalized spacial score (nSPS) is 10.3. The summed E-state index contributed by atoms with van der Waals surface area (Å²) < 4.78 is 11.0. The lowest BCUT2D eigenvalue weighted by Crippen LogP contribution is -2.13. The lowest BCUT2D eigenvalue weighted by Gasteiger charge is -2.08. The number of hydrogen-bond acceptors (Lipinski definition) is 5. The van der Waals surface area contributed by atoms with Crippen LogP contribution in [0, 0.1) is 10.8 Å². The van der Waals surface area contributed by atoms with Crippen LogP contribution in [0.4, 0.5) is 0 Å². The van der Waals surface area contributed by atoms with E-state index in [1.807, 2.05) is 48.5 Å². The first-order valence-electron chi connectivity index (χ1n) is 11.1. The zero-order chi connectivity index (χ0) is 24.8. The van der Waals surface area contributed by atoms with Crippen LogP contribution in [-0.4, -0.2) is 35.8 Å². The van der Waals surface area contributed by atoms with E-state index in [2.05, 4.69) is 4.98 Å². The van der Waals surface area contributed by atoms with Gasteiger partial charge in [-0.15, -0.1) is 24.8 Å². The van der Waals surface area contributed by atoms with E-state index >= 15 is 0 Å². The predicted molar refractivity (Wildman–Crippen MR) is 151 cm³/mol. The maximum Gasteiger partial charge on any atom is 0.310 e. The highest BCUT2D eigenvalue weighted by Crippen LogP contribution is 2.32. The third-order valence-corrected chi connectivity index (χ3v) is 5.63. The minimum absolute atomic E-state index is 0. The molecule has 0 bridgehead atoms. The molecule has 0 fully saturated rings. The number of benzene rings is 3. The topological polar surface area (TPSA) is 151 Å². The number of amidine groups is 2. The monoisotopic (exact) mass is 541 g/mol. The summed E-state index contributed by atoms with van der Waals surface area (Å²) in [6.07, 6.45) is 0.0574. The Morgan fingerprint density at radius 2 is 1.49 bits per heavy atom. The number of aromatic nitrogens is 1. The average molecular weight is 542 g/mol. The molecule has 10 heteroatoms. The Hall–Kier alpha value is -3.85. The molecule has 0 atom stereocenters. The van der Waals surface area contributed by atoms with Crippen LogP contribution in [0.1, 0.15) is 22.3 Å². The molecule has 37 heavy (non-hydrogen) atoms. The molecule has 8 nitrogen and oxygen atoms in total. The first-order valence-corrected chi connectivity index (χ1v) is 11.1. The van der Waals surface area contributed by atoms with Crippen LogP contribution in [-0.2, 0) is 27.3 Å². The van der Waals surface area contributed by atoms with Gasteiger partial charge in [-0.25, -0.2) is 0 Å². The molecule has 7 N–H and O–H groups in total. The molecule has 0 unspecified atom stereocenters. The number of nitrogens with two attached hydrogens (primary N) is 2. The average Bonchev–Trinajstić information content (AvgIpc) is 3.22. The summed E-state index contributed by atoms with van der Waals surface area (Å²) in [5.74, 6) is -0.422. The van der Waals surface area contributed by atoms with E-state index in [0.717, 1.165) is 33.3 Å². The number of halogens is 2. The second-order valence-corrected chi connectivity index (χ2v) is 8.08. The Morgan fingerprint density at radius 1 is 0.838 bits per heavy atom. The van der Waals surface area contributed by atoms with E-state index in [-0.39, 0.29) is 55.5 Å². The third-order valence-electron chi connectivity index (χ3n) is 5.63. The number of rotatable bonds is 10. The van der Waals surface area contributed by atoms with Crippen molar-refractivity contribution in [3.05, 3.63) is 95.1 Å². The van der Waals surface area contributed by atoms with Crippen molar-refractivity contribution in [3.8, 4) is 11.3 Å². The van der Waals surface area contributed by atoms with Gasteiger partial charge in [0, 0.05) is 22.0 Å². The third kappa shape index (κ3) is 7.33. The van der Waals surface area contributed by atoms with Crippen LogP contribution in [0.5, 0.6) is 0 Å². The molecule has 0 aliphatic heterocycles. The van der Waals surface area contributed by atoms with Crippen molar-refractivity contribution in [2.75, 3.05) is 13.2 Å². The van der Waals surface area contributed by atoms with E-state index < -0.39 is 0 Å². The Kier molecular flexibility index (Phi) is 10.7.